The van der Waals surface area contributed by atoms with E-state index in [9.17, 15) is 0 Å². The summed E-state index contributed by atoms with van der Waals surface area (Å²) in [6, 6.07) is 0. The highest BCUT2D eigenvalue weighted by molar-refractivity contribution is 6.17. The Balaban J connectivity index is 3.14. The van der Waals surface area contributed by atoms with Gasteiger partial charge in [0.2, 0.25) is 0 Å². The first-order valence-corrected chi connectivity index (χ1v) is 6.09. The molecule has 0 aliphatic rings. The van der Waals surface area contributed by atoms with Crippen molar-refractivity contribution in [1.29, 1.82) is 0 Å². The molecule has 0 spiro atoms. The van der Waals surface area contributed by atoms with Crippen molar-refractivity contribution in [2.24, 2.45) is 0 Å². The van der Waals surface area contributed by atoms with Gasteiger partial charge >= 0.3 is 0 Å². The molecule has 0 heterocycles. The molecule has 0 radical (unpaired) electrons. The lowest BCUT2D eigenvalue weighted by Gasteiger charge is -2.18. The number of likely N-dealkylation sites (N-methyl/N-ethyl adjacent to an activating group) is 2. The Kier molecular flexibility index (Phi) is 9.90. The summed E-state index contributed by atoms with van der Waals surface area (Å²) in [5.41, 5.74) is 0. The van der Waals surface area contributed by atoms with E-state index in [2.05, 4.69) is 30.9 Å². The first-order valence-electron chi connectivity index (χ1n) is 5.56. The Morgan fingerprint density at radius 3 is 2.00 bits per heavy atom. The molecule has 2 nitrogen and oxygen atoms in total. The normalized spacial score (nSPS) is 11.6. The molecule has 0 aliphatic carbocycles. The molecule has 0 rings (SSSR count). The summed E-state index contributed by atoms with van der Waals surface area (Å²) < 4.78 is 0. The average molecular weight is 221 g/mol. The molecule has 86 valence electrons. The van der Waals surface area contributed by atoms with Gasteiger partial charge in [-0.1, -0.05) is 12.8 Å². The van der Waals surface area contributed by atoms with Crippen molar-refractivity contribution in [2.45, 2.75) is 25.7 Å². The molecule has 0 aliphatic heterocycles. The van der Waals surface area contributed by atoms with Gasteiger partial charge in [0.05, 0.1) is 0 Å². The Hall–Kier alpha value is 0.210. The smallest absolute Gasteiger partial charge is 0.0223 e. The summed E-state index contributed by atoms with van der Waals surface area (Å²) in [4.78, 5) is 4.63. The van der Waals surface area contributed by atoms with Gasteiger partial charge in [-0.15, -0.1) is 11.6 Å². The van der Waals surface area contributed by atoms with Crippen LogP contribution in [-0.2, 0) is 0 Å². The number of halogens is 1. The van der Waals surface area contributed by atoms with Gasteiger partial charge in [0.15, 0.2) is 0 Å². The maximum atomic E-state index is 5.61. The van der Waals surface area contributed by atoms with Crippen LogP contribution in [0.1, 0.15) is 25.7 Å². The van der Waals surface area contributed by atoms with E-state index in [0.717, 1.165) is 12.4 Å². The van der Waals surface area contributed by atoms with Crippen LogP contribution in [0.5, 0.6) is 0 Å². The molecule has 3 heteroatoms. The van der Waals surface area contributed by atoms with Crippen molar-refractivity contribution in [3.8, 4) is 0 Å². The van der Waals surface area contributed by atoms with E-state index in [1.54, 1.807) is 0 Å². The molecular formula is C11H25ClN2. The number of rotatable bonds is 9. The molecule has 0 fully saturated rings. The minimum absolute atomic E-state index is 0.816. The predicted octanol–water partition coefficient (Wildman–Crippen LogP) is 2.28. The summed E-state index contributed by atoms with van der Waals surface area (Å²) in [6.45, 7) is 3.54. The number of unbranched alkanes of at least 4 members (excludes halogenated alkanes) is 3. The summed E-state index contributed by atoms with van der Waals surface area (Å²) in [5, 5.41) is 0. The average Bonchev–Trinajstić information content (AvgIpc) is 2.14. The highest BCUT2D eigenvalue weighted by atomic mass is 35.5. The van der Waals surface area contributed by atoms with Gasteiger partial charge in [0, 0.05) is 19.0 Å². The van der Waals surface area contributed by atoms with Gasteiger partial charge < -0.3 is 9.80 Å². The van der Waals surface area contributed by atoms with Gasteiger partial charge in [0.25, 0.3) is 0 Å². The molecule has 0 amide bonds. The number of hydrogen-bond donors (Lipinski definition) is 0. The topological polar surface area (TPSA) is 6.48 Å². The van der Waals surface area contributed by atoms with Crippen molar-refractivity contribution in [2.75, 3.05) is 46.7 Å². The van der Waals surface area contributed by atoms with E-state index >= 15 is 0 Å². The van der Waals surface area contributed by atoms with E-state index in [4.69, 9.17) is 11.6 Å². The van der Waals surface area contributed by atoms with Crippen LogP contribution in [0, 0.1) is 0 Å². The van der Waals surface area contributed by atoms with Gasteiger partial charge in [0.1, 0.15) is 0 Å². The molecule has 14 heavy (non-hydrogen) atoms. The van der Waals surface area contributed by atoms with Crippen LogP contribution in [-0.4, -0.2) is 56.5 Å². The summed E-state index contributed by atoms with van der Waals surface area (Å²) in [7, 11) is 6.44. The van der Waals surface area contributed by atoms with Gasteiger partial charge in [-0.05, 0) is 40.5 Å². The standard InChI is InChI=1S/C11H25ClN2/c1-13(2)10-11-14(3)9-7-5-4-6-8-12/h4-11H2,1-3H3. The Labute approximate surface area is 94.2 Å². The Morgan fingerprint density at radius 2 is 1.43 bits per heavy atom. The van der Waals surface area contributed by atoms with Crippen LogP contribution in [0.3, 0.4) is 0 Å². The lowest BCUT2D eigenvalue weighted by Crippen LogP contribution is -2.29. The number of alkyl halides is 1. The zero-order valence-electron chi connectivity index (χ0n) is 9.93. The molecule has 0 aromatic heterocycles. The molecule has 0 aromatic rings. The third-order valence-corrected chi connectivity index (χ3v) is 2.62. The molecule has 0 saturated heterocycles. The van der Waals surface area contributed by atoms with Crippen LogP contribution < -0.4 is 0 Å². The van der Waals surface area contributed by atoms with Crippen LogP contribution in [0.25, 0.3) is 0 Å². The first-order chi connectivity index (χ1) is 6.66. The maximum Gasteiger partial charge on any atom is 0.0223 e. The van der Waals surface area contributed by atoms with Crippen molar-refractivity contribution < 1.29 is 0 Å². The molecule has 0 unspecified atom stereocenters. The fraction of sp³-hybridized carbons (Fsp3) is 1.00. The molecule has 0 saturated carbocycles. The molecule has 0 N–H and O–H groups in total. The quantitative estimate of drug-likeness (QED) is 0.435. The van der Waals surface area contributed by atoms with Crippen LogP contribution in [0.15, 0.2) is 0 Å². The second-order valence-corrected chi connectivity index (χ2v) is 4.59. The fourth-order valence-corrected chi connectivity index (χ4v) is 1.50. The van der Waals surface area contributed by atoms with Crippen molar-refractivity contribution >= 4 is 11.6 Å². The summed E-state index contributed by atoms with van der Waals surface area (Å²) >= 11 is 5.61. The Bertz CT molecular complexity index is 118. The van der Waals surface area contributed by atoms with E-state index in [1.807, 2.05) is 0 Å². The van der Waals surface area contributed by atoms with E-state index in [0.29, 0.717) is 0 Å². The number of nitrogens with zero attached hydrogens (tertiary/aromatic N) is 2. The van der Waals surface area contributed by atoms with Gasteiger partial charge in [-0.25, -0.2) is 0 Å². The summed E-state index contributed by atoms with van der Waals surface area (Å²) in [5.74, 6) is 0.816. The third-order valence-electron chi connectivity index (χ3n) is 2.35. The highest BCUT2D eigenvalue weighted by Gasteiger charge is 1.98. The largest absolute Gasteiger partial charge is 0.308 e. The van der Waals surface area contributed by atoms with Crippen LogP contribution in [0.2, 0.25) is 0 Å². The summed E-state index contributed by atoms with van der Waals surface area (Å²) in [6.07, 6.45) is 5.08. The second kappa shape index (κ2) is 9.75. The van der Waals surface area contributed by atoms with Gasteiger partial charge in [-0.3, -0.25) is 0 Å². The Morgan fingerprint density at radius 1 is 0.786 bits per heavy atom. The number of hydrogen-bond acceptors (Lipinski definition) is 2. The SMILES string of the molecule is CN(C)CCN(C)CCCCCCCl. The van der Waals surface area contributed by atoms with Crippen molar-refractivity contribution in [3.05, 3.63) is 0 Å². The maximum absolute atomic E-state index is 5.61. The lowest BCUT2D eigenvalue weighted by atomic mass is 10.2. The third kappa shape index (κ3) is 10.3. The zero-order chi connectivity index (χ0) is 10.8. The minimum Gasteiger partial charge on any atom is -0.308 e. The lowest BCUT2D eigenvalue weighted by molar-refractivity contribution is 0.277. The second-order valence-electron chi connectivity index (χ2n) is 4.21. The monoisotopic (exact) mass is 220 g/mol. The zero-order valence-corrected chi connectivity index (χ0v) is 10.7. The minimum atomic E-state index is 0.816. The van der Waals surface area contributed by atoms with Crippen molar-refractivity contribution in [3.63, 3.8) is 0 Å². The van der Waals surface area contributed by atoms with E-state index in [1.165, 1.54) is 38.8 Å². The van der Waals surface area contributed by atoms with E-state index < -0.39 is 0 Å². The van der Waals surface area contributed by atoms with Gasteiger partial charge in [-0.2, -0.15) is 0 Å². The molecule has 0 aromatic carbocycles. The van der Waals surface area contributed by atoms with Crippen molar-refractivity contribution in [1.82, 2.24) is 9.80 Å². The molecule has 0 bridgehead atoms. The molecule has 0 atom stereocenters. The highest BCUT2D eigenvalue weighted by Crippen LogP contribution is 2.01. The van der Waals surface area contributed by atoms with Crippen LogP contribution >= 0.6 is 11.6 Å². The first kappa shape index (κ1) is 14.2. The predicted molar refractivity (Wildman–Crippen MR) is 65.2 cm³/mol. The van der Waals surface area contributed by atoms with Crippen LogP contribution in [0.4, 0.5) is 0 Å². The van der Waals surface area contributed by atoms with E-state index in [-0.39, 0.29) is 0 Å². The fourth-order valence-electron chi connectivity index (χ4n) is 1.31. The molecular weight excluding hydrogens is 196 g/mol.